The second-order valence-corrected chi connectivity index (χ2v) is 17.9. The Morgan fingerprint density at radius 3 is 0.778 bits per heavy atom. The van der Waals surface area contributed by atoms with E-state index in [-0.39, 0.29) is 0 Å². The quantitative estimate of drug-likeness (QED) is 0.0538. The van der Waals surface area contributed by atoms with Gasteiger partial charge in [0.25, 0.3) is 0 Å². The van der Waals surface area contributed by atoms with Gasteiger partial charge in [0.05, 0.1) is 52.9 Å². The van der Waals surface area contributed by atoms with Gasteiger partial charge in [0, 0.05) is 0 Å². The Hall–Kier alpha value is -1.32. The number of hydrogen-bond donors (Lipinski definition) is 21. The van der Waals surface area contributed by atoms with E-state index in [4.69, 9.17) is 56.8 Å². The molecule has 0 aromatic heterocycles. The van der Waals surface area contributed by atoms with Crippen LogP contribution < -0.4 is 0 Å². The first kappa shape index (κ1) is 59.9. The highest BCUT2D eigenvalue weighted by atomic mass is 16.8. The third-order valence-electron chi connectivity index (χ3n) is 13.1. The fraction of sp³-hybridized carbons (Fsp3) is 1.00. The molecule has 33 heteroatoms. The van der Waals surface area contributed by atoms with E-state index in [9.17, 15) is 107 Å². The van der Waals surface area contributed by atoms with Gasteiger partial charge in [0.15, 0.2) is 37.7 Å². The summed E-state index contributed by atoms with van der Waals surface area (Å²) in [6, 6.07) is 0. The standard InChI is InChI=1S/C39H68O33/c40-1-10-16(46)19(49)25(55)37(64-10)70-31-13(4-43)67-34(28(58)22(31)52)61-7-9(63-36-30(60)24(54)33(15(6-45)69-36)72-39-27(57)21(51)18(48)12(3-42)66-39)8-62-35-29(59)23(53)32(14(5-44)68-35)71-38-26(56)20(50)17(47)11(2-41)65-38/h9-60H,1-8H2/t10-,11-,12-,13-,14-,15-,16+,17+,18+,19+,20+,21+,22-,23-,24-,25-,26-,27-,28-,29-,30-,31-,32-,33-,34-,35-,36-,37+,38+,39+/m1/s1. The summed E-state index contributed by atoms with van der Waals surface area (Å²) in [5.41, 5.74) is 0. The summed E-state index contributed by atoms with van der Waals surface area (Å²) in [4.78, 5) is 0. The highest BCUT2D eigenvalue weighted by molar-refractivity contribution is 4.98. The Balaban J connectivity index is 1.17. The maximum Gasteiger partial charge on any atom is 0.187 e. The lowest BCUT2D eigenvalue weighted by Gasteiger charge is -2.47. The lowest BCUT2D eigenvalue weighted by Crippen LogP contribution is -2.65. The molecule has 6 aliphatic heterocycles. The van der Waals surface area contributed by atoms with Gasteiger partial charge >= 0.3 is 0 Å². The van der Waals surface area contributed by atoms with Gasteiger partial charge in [0.1, 0.15) is 153 Å². The van der Waals surface area contributed by atoms with Crippen LogP contribution in [0.15, 0.2) is 0 Å². The Morgan fingerprint density at radius 2 is 0.500 bits per heavy atom. The minimum atomic E-state index is -2.17. The molecule has 6 fully saturated rings. The molecule has 0 aliphatic carbocycles. The van der Waals surface area contributed by atoms with Crippen LogP contribution in [-0.4, -0.2) is 350 Å². The molecule has 0 unspecified atom stereocenters. The van der Waals surface area contributed by atoms with Crippen LogP contribution in [0.25, 0.3) is 0 Å². The van der Waals surface area contributed by atoms with E-state index < -0.39 is 243 Å². The van der Waals surface area contributed by atoms with Crippen LogP contribution in [0, 0.1) is 0 Å². The predicted molar refractivity (Wildman–Crippen MR) is 216 cm³/mol. The van der Waals surface area contributed by atoms with Gasteiger partial charge < -0.3 is 164 Å². The van der Waals surface area contributed by atoms with Crippen molar-refractivity contribution >= 4 is 0 Å². The van der Waals surface area contributed by atoms with Crippen LogP contribution in [0.1, 0.15) is 0 Å². The van der Waals surface area contributed by atoms with Crippen molar-refractivity contribution in [1.29, 1.82) is 0 Å². The summed E-state index contributed by atoms with van der Waals surface area (Å²) >= 11 is 0. The van der Waals surface area contributed by atoms with E-state index in [1.165, 1.54) is 0 Å². The number of rotatable bonds is 20. The lowest BCUT2D eigenvalue weighted by molar-refractivity contribution is -0.375. The first-order valence-electron chi connectivity index (χ1n) is 22.8. The van der Waals surface area contributed by atoms with Gasteiger partial charge in [-0.2, -0.15) is 0 Å². The molecule has 422 valence electrons. The zero-order chi connectivity index (χ0) is 53.0. The summed E-state index contributed by atoms with van der Waals surface area (Å²) in [6.45, 7) is -7.27. The molecule has 0 bridgehead atoms. The van der Waals surface area contributed by atoms with Crippen molar-refractivity contribution in [3.8, 4) is 0 Å². The number of hydrogen-bond acceptors (Lipinski definition) is 33. The van der Waals surface area contributed by atoms with E-state index in [1.807, 2.05) is 0 Å². The van der Waals surface area contributed by atoms with Crippen LogP contribution in [0.2, 0.25) is 0 Å². The Morgan fingerprint density at radius 1 is 0.264 bits per heavy atom. The maximum absolute atomic E-state index is 11.3. The first-order chi connectivity index (χ1) is 34.2. The van der Waals surface area contributed by atoms with Gasteiger partial charge in [-0.3, -0.25) is 0 Å². The molecule has 0 radical (unpaired) electrons. The second kappa shape index (κ2) is 26.4. The molecule has 33 nitrogen and oxygen atoms in total. The van der Waals surface area contributed by atoms with Crippen molar-refractivity contribution in [2.24, 2.45) is 0 Å². The molecule has 0 saturated carbocycles. The summed E-state index contributed by atoms with van der Waals surface area (Å²) < 4.78 is 66.9. The first-order valence-corrected chi connectivity index (χ1v) is 22.8. The highest BCUT2D eigenvalue weighted by Crippen LogP contribution is 2.34. The van der Waals surface area contributed by atoms with Crippen LogP contribution in [0.4, 0.5) is 0 Å². The third-order valence-corrected chi connectivity index (χ3v) is 13.1. The molecule has 0 spiro atoms. The number of aliphatic hydroxyl groups is 21. The molecule has 6 saturated heterocycles. The number of aliphatic hydroxyl groups excluding tert-OH is 21. The molecule has 21 N–H and O–H groups in total. The van der Waals surface area contributed by atoms with E-state index >= 15 is 0 Å². The molecule has 0 amide bonds. The minimum absolute atomic E-state index is 0.850. The molecule has 6 rings (SSSR count). The van der Waals surface area contributed by atoms with Gasteiger partial charge in [-0.05, 0) is 0 Å². The Kier molecular flexibility index (Phi) is 21.9. The fourth-order valence-corrected chi connectivity index (χ4v) is 8.77. The molecule has 30 atom stereocenters. The van der Waals surface area contributed by atoms with Crippen molar-refractivity contribution in [3.05, 3.63) is 0 Å². The molecule has 0 aromatic carbocycles. The molecule has 0 aromatic rings. The molecular weight excluding hydrogens is 996 g/mol. The van der Waals surface area contributed by atoms with Crippen molar-refractivity contribution in [1.82, 2.24) is 0 Å². The van der Waals surface area contributed by atoms with E-state index in [2.05, 4.69) is 0 Å². The van der Waals surface area contributed by atoms with Crippen molar-refractivity contribution in [2.75, 3.05) is 52.9 Å². The summed E-state index contributed by atoms with van der Waals surface area (Å²) in [6.07, 6.45) is -57.5. The van der Waals surface area contributed by atoms with Crippen molar-refractivity contribution < 1.29 is 164 Å². The monoisotopic (exact) mass is 1060 g/mol. The summed E-state index contributed by atoms with van der Waals surface area (Å²) in [7, 11) is 0. The topological polar surface area (TPSA) is 536 Å². The predicted octanol–water partition coefficient (Wildman–Crippen LogP) is -14.7. The molecule has 72 heavy (non-hydrogen) atoms. The largest absolute Gasteiger partial charge is 0.394 e. The third kappa shape index (κ3) is 12.8. The smallest absolute Gasteiger partial charge is 0.187 e. The second-order valence-electron chi connectivity index (χ2n) is 17.9. The Labute approximate surface area is 407 Å². The van der Waals surface area contributed by atoms with Crippen molar-refractivity contribution in [2.45, 2.75) is 190 Å². The molecule has 6 aliphatic rings. The van der Waals surface area contributed by atoms with Gasteiger partial charge in [-0.1, -0.05) is 0 Å². The SMILES string of the molecule is OC[C@H]1O[C@@H](O[C@H]2[C@H](O)[C@@H](O)[C@H](OCC(CO[C@@H]3O[C@H](CO)[C@@H](O[C@@H]4O[C@H](CO)[C@H](O)[C@H](O)[C@H]4O)[C@H](O)[C@H]3O)O[C@@H]3O[C@H](CO)[C@@H](O[C@@H]4O[C@H](CO)[C@H](O)[C@H](O)[C@H]4O)[C@H](O)[C@H]3O)O[C@@H]2CO)[C@H](O)[C@@H](O)[C@H]1O. The van der Waals surface area contributed by atoms with E-state index in [1.54, 1.807) is 0 Å². The van der Waals surface area contributed by atoms with Crippen molar-refractivity contribution in [3.63, 3.8) is 0 Å². The molecule has 6 heterocycles. The van der Waals surface area contributed by atoms with Crippen LogP contribution in [0.5, 0.6) is 0 Å². The summed E-state index contributed by atoms with van der Waals surface area (Å²) in [5, 5.41) is 219. The lowest BCUT2D eigenvalue weighted by atomic mass is 9.97. The zero-order valence-corrected chi connectivity index (χ0v) is 37.8. The van der Waals surface area contributed by atoms with Crippen LogP contribution in [-0.2, 0) is 56.8 Å². The zero-order valence-electron chi connectivity index (χ0n) is 37.8. The van der Waals surface area contributed by atoms with Gasteiger partial charge in [0.2, 0.25) is 0 Å². The van der Waals surface area contributed by atoms with E-state index in [0.29, 0.717) is 0 Å². The van der Waals surface area contributed by atoms with Crippen LogP contribution >= 0.6 is 0 Å². The van der Waals surface area contributed by atoms with Gasteiger partial charge in [-0.15, -0.1) is 0 Å². The average molecular weight is 1060 g/mol. The Bertz CT molecular complexity index is 1520. The van der Waals surface area contributed by atoms with E-state index in [0.717, 1.165) is 0 Å². The van der Waals surface area contributed by atoms with Crippen LogP contribution in [0.3, 0.4) is 0 Å². The normalized spacial score (nSPS) is 51.0. The fourth-order valence-electron chi connectivity index (χ4n) is 8.77. The van der Waals surface area contributed by atoms with Gasteiger partial charge in [-0.25, -0.2) is 0 Å². The minimum Gasteiger partial charge on any atom is -0.394 e. The number of ether oxygens (including phenoxy) is 12. The highest BCUT2D eigenvalue weighted by Gasteiger charge is 2.55. The maximum atomic E-state index is 11.3. The molecular formula is C39H68O33. The summed E-state index contributed by atoms with van der Waals surface area (Å²) in [5.74, 6) is 0. The average Bonchev–Trinajstić information content (AvgIpc) is 3.37.